The lowest BCUT2D eigenvalue weighted by atomic mass is 9.88. The van der Waals surface area contributed by atoms with Gasteiger partial charge >= 0.3 is 12.2 Å². The maximum atomic E-state index is 13.7. The molecular weight excluding hydrogens is 511 g/mol. The van der Waals surface area contributed by atoms with Crippen LogP contribution in [0, 0.1) is 11.3 Å². The molecule has 3 aliphatic rings. The number of Topliss-reactive ketones (excluding diaryl/α,β-unsaturated/α-hetero) is 1. The zero-order valence-corrected chi connectivity index (χ0v) is 21.1. The van der Waals surface area contributed by atoms with Crippen LogP contribution in [0.2, 0.25) is 0 Å². The maximum Gasteiger partial charge on any atom is 0.416 e. The van der Waals surface area contributed by atoms with Crippen LogP contribution >= 0.6 is 0 Å². The molecule has 1 unspecified atom stereocenters. The Labute approximate surface area is 223 Å². The summed E-state index contributed by atoms with van der Waals surface area (Å²) in [4.78, 5) is 42.8. The summed E-state index contributed by atoms with van der Waals surface area (Å²) in [6.45, 7) is 1.51. The molecule has 5 rings (SSSR count). The van der Waals surface area contributed by atoms with Crippen molar-refractivity contribution in [1.82, 2.24) is 15.5 Å². The first-order valence-corrected chi connectivity index (χ1v) is 12.7. The Morgan fingerprint density at radius 2 is 1.85 bits per heavy atom. The van der Waals surface area contributed by atoms with E-state index < -0.39 is 29.7 Å². The lowest BCUT2D eigenvalue weighted by molar-refractivity contribution is -0.137. The number of alkyl halides is 3. The van der Waals surface area contributed by atoms with E-state index in [1.54, 1.807) is 6.07 Å². The minimum absolute atomic E-state index is 0.00558. The number of carbonyl (C=O) groups excluding carboxylic acids is 3. The molecule has 8 nitrogen and oxygen atoms in total. The molecule has 0 bridgehead atoms. The summed E-state index contributed by atoms with van der Waals surface area (Å²) in [5.41, 5.74) is 0.478. The zero-order valence-electron chi connectivity index (χ0n) is 21.1. The van der Waals surface area contributed by atoms with Gasteiger partial charge in [-0.2, -0.15) is 18.4 Å². The second kappa shape index (κ2) is 10.2. The molecule has 2 heterocycles. The van der Waals surface area contributed by atoms with Gasteiger partial charge in [0.2, 0.25) is 0 Å². The molecule has 39 heavy (non-hydrogen) atoms. The Balaban J connectivity index is 1.60. The number of likely N-dealkylation sites (N-methyl/N-ethyl adjacent to an activating group) is 1. The number of rotatable bonds is 4. The molecule has 2 aromatic rings. The Kier molecular flexibility index (Phi) is 6.91. The lowest BCUT2D eigenvalue weighted by Gasteiger charge is -2.41. The Morgan fingerprint density at radius 3 is 2.54 bits per heavy atom. The number of hydrogen-bond donors (Lipinski definition) is 2. The first-order valence-electron chi connectivity index (χ1n) is 12.7. The summed E-state index contributed by atoms with van der Waals surface area (Å²) < 4.78 is 40.3. The molecule has 3 amide bonds. The first kappa shape index (κ1) is 26.4. The van der Waals surface area contributed by atoms with Gasteiger partial charge in [0.15, 0.2) is 5.78 Å². The van der Waals surface area contributed by atoms with Crippen molar-refractivity contribution in [2.45, 2.75) is 43.9 Å². The summed E-state index contributed by atoms with van der Waals surface area (Å²) in [6, 6.07) is 9.36. The van der Waals surface area contributed by atoms with Crippen LogP contribution < -0.4 is 15.5 Å². The summed E-state index contributed by atoms with van der Waals surface area (Å²) in [5.74, 6) is -0.664. The number of allylic oxidation sites excluding steroid dienone is 1. The normalized spacial score (nSPS) is 20.2. The van der Waals surface area contributed by atoms with Gasteiger partial charge in [0.25, 0.3) is 5.91 Å². The number of halogens is 3. The summed E-state index contributed by atoms with van der Waals surface area (Å²) >= 11 is 0. The highest BCUT2D eigenvalue weighted by Gasteiger charge is 2.46. The van der Waals surface area contributed by atoms with E-state index in [-0.39, 0.29) is 47.1 Å². The highest BCUT2D eigenvalue weighted by atomic mass is 19.4. The van der Waals surface area contributed by atoms with E-state index in [0.717, 1.165) is 43.0 Å². The number of nitriles is 1. The van der Waals surface area contributed by atoms with Crippen LogP contribution in [-0.2, 0) is 11.0 Å². The molecule has 0 spiro atoms. The van der Waals surface area contributed by atoms with E-state index in [2.05, 4.69) is 10.6 Å². The van der Waals surface area contributed by atoms with Gasteiger partial charge in [-0.15, -0.1) is 0 Å². The van der Waals surface area contributed by atoms with Crippen molar-refractivity contribution in [1.29, 1.82) is 5.26 Å². The van der Waals surface area contributed by atoms with Gasteiger partial charge in [-0.05, 0) is 68.2 Å². The topological polar surface area (TPSA) is 106 Å². The number of benzene rings is 2. The number of nitrogens with zero attached hydrogens (tertiary/aromatic N) is 3. The molecular formula is C28H26F3N5O3. The van der Waals surface area contributed by atoms with Crippen LogP contribution in [0.5, 0.6) is 0 Å². The Hall–Kier alpha value is -4.17. The van der Waals surface area contributed by atoms with Crippen LogP contribution in [0.15, 0.2) is 53.7 Å². The van der Waals surface area contributed by atoms with E-state index in [9.17, 15) is 32.8 Å². The molecule has 2 N–H and O–H groups in total. The number of carbonyl (C=O) groups is 3. The van der Waals surface area contributed by atoms with Crippen LogP contribution in [0.3, 0.4) is 0 Å². The van der Waals surface area contributed by atoms with Gasteiger partial charge in [0.05, 0.1) is 28.9 Å². The fourth-order valence-electron chi connectivity index (χ4n) is 5.52. The van der Waals surface area contributed by atoms with Gasteiger partial charge in [-0.25, -0.2) is 4.79 Å². The second-order valence-electron chi connectivity index (χ2n) is 9.87. The fraction of sp³-hybridized carbons (Fsp3) is 0.357. The minimum atomic E-state index is -4.61. The van der Waals surface area contributed by atoms with E-state index in [0.29, 0.717) is 11.3 Å². The van der Waals surface area contributed by atoms with E-state index in [4.69, 9.17) is 0 Å². The van der Waals surface area contributed by atoms with Crippen LogP contribution in [-0.4, -0.2) is 48.8 Å². The molecule has 2 aromatic carbocycles. The molecule has 1 saturated heterocycles. The highest BCUT2D eigenvalue weighted by molar-refractivity contribution is 6.09. The Bertz CT molecular complexity index is 1420. The predicted octanol–water partition coefficient (Wildman–Crippen LogP) is 4.29. The predicted molar refractivity (Wildman–Crippen MR) is 136 cm³/mol. The SMILES string of the molecule is CN1C(=O)N(c2cccc(C(F)(F)F)c2)C2=C(C(=O)CC2)C1c1ccc(C#N)cc1C(=O)NC1CCNCC1. The number of urea groups is 1. The van der Waals surface area contributed by atoms with E-state index in [1.165, 1.54) is 36.2 Å². The monoisotopic (exact) mass is 537 g/mol. The molecule has 11 heteroatoms. The van der Waals surface area contributed by atoms with Crippen molar-refractivity contribution >= 4 is 23.4 Å². The average Bonchev–Trinajstić information content (AvgIpc) is 3.30. The molecule has 202 valence electrons. The summed E-state index contributed by atoms with van der Waals surface area (Å²) in [5, 5.41) is 15.7. The number of amides is 3. The average molecular weight is 538 g/mol. The standard InChI is InChI=1S/C28H26F3N5O3/c1-35-25(20-6-5-16(15-32)13-21(20)26(38)34-18-9-11-33-12-10-18)24-22(7-8-23(24)37)36(27(35)39)19-4-2-3-17(14-19)28(29,30)31/h2-6,13-14,18,25,33H,7-12H2,1H3,(H,34,38). The van der Waals surface area contributed by atoms with Gasteiger partial charge in [0.1, 0.15) is 0 Å². The summed E-state index contributed by atoms with van der Waals surface area (Å²) in [7, 11) is 1.45. The summed E-state index contributed by atoms with van der Waals surface area (Å²) in [6.07, 6.45) is -2.87. The van der Waals surface area contributed by atoms with Gasteiger partial charge in [-0.1, -0.05) is 12.1 Å². The largest absolute Gasteiger partial charge is 0.416 e. The number of ketones is 1. The van der Waals surface area contributed by atoms with Gasteiger partial charge in [-0.3, -0.25) is 14.5 Å². The van der Waals surface area contributed by atoms with Crippen molar-refractivity contribution in [3.63, 3.8) is 0 Å². The maximum absolute atomic E-state index is 13.7. The van der Waals surface area contributed by atoms with Crippen molar-refractivity contribution in [2.24, 2.45) is 0 Å². The number of anilines is 1. The van der Waals surface area contributed by atoms with Crippen LogP contribution in [0.4, 0.5) is 23.7 Å². The lowest BCUT2D eigenvalue weighted by Crippen LogP contribution is -2.48. The first-order chi connectivity index (χ1) is 18.6. The second-order valence-corrected chi connectivity index (χ2v) is 9.87. The molecule has 0 saturated carbocycles. The smallest absolute Gasteiger partial charge is 0.349 e. The molecule has 2 aliphatic heterocycles. The van der Waals surface area contributed by atoms with Crippen molar-refractivity contribution in [3.05, 3.63) is 76.0 Å². The fourth-order valence-corrected chi connectivity index (χ4v) is 5.52. The third kappa shape index (κ3) is 4.88. The molecule has 1 fully saturated rings. The van der Waals surface area contributed by atoms with Crippen molar-refractivity contribution in [2.75, 3.05) is 25.0 Å². The molecule has 1 aliphatic carbocycles. The van der Waals surface area contributed by atoms with E-state index >= 15 is 0 Å². The van der Waals surface area contributed by atoms with E-state index in [1.807, 2.05) is 6.07 Å². The Morgan fingerprint density at radius 1 is 1.10 bits per heavy atom. The van der Waals surface area contributed by atoms with Gasteiger partial charge < -0.3 is 15.5 Å². The van der Waals surface area contributed by atoms with Crippen LogP contribution in [0.25, 0.3) is 0 Å². The van der Waals surface area contributed by atoms with Crippen LogP contribution in [0.1, 0.15) is 58.8 Å². The molecule has 0 aromatic heterocycles. The molecule has 1 atom stereocenters. The minimum Gasteiger partial charge on any atom is -0.349 e. The third-order valence-electron chi connectivity index (χ3n) is 7.45. The number of nitrogens with one attached hydrogen (secondary N) is 2. The van der Waals surface area contributed by atoms with Gasteiger partial charge in [0, 0.05) is 36.3 Å². The quantitative estimate of drug-likeness (QED) is 0.606. The number of hydrogen-bond acceptors (Lipinski definition) is 5. The highest BCUT2D eigenvalue weighted by Crippen LogP contribution is 2.45. The zero-order chi connectivity index (χ0) is 27.9. The number of piperidine rings is 1. The van der Waals surface area contributed by atoms with Crippen molar-refractivity contribution < 1.29 is 27.6 Å². The van der Waals surface area contributed by atoms with Crippen molar-refractivity contribution in [3.8, 4) is 6.07 Å². The third-order valence-corrected chi connectivity index (χ3v) is 7.45. The molecule has 0 radical (unpaired) electrons.